The molecule has 0 bridgehead atoms. The topological polar surface area (TPSA) is 50.7 Å². The fraction of sp³-hybridized carbons (Fsp3) is 0.200. The molecule has 0 amide bonds. The summed E-state index contributed by atoms with van der Waals surface area (Å²) in [6.45, 7) is 0.354. The van der Waals surface area contributed by atoms with Crippen molar-refractivity contribution in [1.29, 1.82) is 0 Å². The van der Waals surface area contributed by atoms with Crippen LogP contribution in [-0.2, 0) is 6.54 Å². The van der Waals surface area contributed by atoms with Crippen molar-refractivity contribution in [2.24, 2.45) is 0 Å². The summed E-state index contributed by atoms with van der Waals surface area (Å²) in [5.41, 5.74) is 1.17. The summed E-state index contributed by atoms with van der Waals surface area (Å²) in [5, 5.41) is 12.9. The van der Waals surface area contributed by atoms with E-state index in [1.807, 2.05) is 0 Å². The molecule has 21 heavy (non-hydrogen) atoms. The Morgan fingerprint density at radius 2 is 1.81 bits per heavy atom. The molecule has 6 heteroatoms. The maximum absolute atomic E-state index is 13.7. The number of anilines is 1. The first-order valence-corrected chi connectivity index (χ1v) is 6.98. The van der Waals surface area contributed by atoms with Crippen molar-refractivity contribution < 1.29 is 19.0 Å². The van der Waals surface area contributed by atoms with Gasteiger partial charge in [-0.25, -0.2) is 4.39 Å². The second kappa shape index (κ2) is 6.67. The van der Waals surface area contributed by atoms with E-state index in [1.165, 1.54) is 20.3 Å². The number of ether oxygens (including phenoxy) is 2. The normalized spacial score (nSPS) is 10.3. The number of hydrogen-bond acceptors (Lipinski definition) is 4. The van der Waals surface area contributed by atoms with E-state index in [4.69, 9.17) is 9.47 Å². The fourth-order valence-electron chi connectivity index (χ4n) is 1.91. The highest BCUT2D eigenvalue weighted by molar-refractivity contribution is 9.10. The molecule has 2 N–H and O–H groups in total. The molecule has 0 radical (unpaired) electrons. The lowest BCUT2D eigenvalue weighted by atomic mass is 10.1. The predicted molar refractivity (Wildman–Crippen MR) is 82.6 cm³/mol. The molecule has 0 aliphatic rings. The van der Waals surface area contributed by atoms with E-state index in [0.717, 1.165) is 5.56 Å². The van der Waals surface area contributed by atoms with Gasteiger partial charge in [0, 0.05) is 11.0 Å². The summed E-state index contributed by atoms with van der Waals surface area (Å²) in [6.07, 6.45) is 0. The van der Waals surface area contributed by atoms with Crippen LogP contribution in [0, 0.1) is 5.82 Å². The monoisotopic (exact) mass is 355 g/mol. The number of aromatic hydroxyl groups is 1. The molecule has 0 spiro atoms. The van der Waals surface area contributed by atoms with Crippen LogP contribution in [0.3, 0.4) is 0 Å². The summed E-state index contributed by atoms with van der Waals surface area (Å²) >= 11 is 3.30. The van der Waals surface area contributed by atoms with Crippen LogP contribution in [0.4, 0.5) is 10.1 Å². The van der Waals surface area contributed by atoms with Crippen LogP contribution >= 0.6 is 15.9 Å². The van der Waals surface area contributed by atoms with Crippen molar-refractivity contribution in [2.45, 2.75) is 6.54 Å². The van der Waals surface area contributed by atoms with E-state index in [0.29, 0.717) is 28.2 Å². The molecule has 0 aliphatic carbocycles. The van der Waals surface area contributed by atoms with Gasteiger partial charge in [-0.1, -0.05) is 6.07 Å². The molecule has 0 unspecified atom stereocenters. The Morgan fingerprint density at radius 1 is 1.19 bits per heavy atom. The van der Waals surface area contributed by atoms with Crippen LogP contribution in [0.25, 0.3) is 0 Å². The lowest BCUT2D eigenvalue weighted by molar-refractivity contribution is 0.339. The van der Waals surface area contributed by atoms with Crippen molar-refractivity contribution in [1.82, 2.24) is 0 Å². The summed E-state index contributed by atoms with van der Waals surface area (Å²) < 4.78 is 24.5. The molecule has 2 aromatic carbocycles. The van der Waals surface area contributed by atoms with Crippen LogP contribution in [0.1, 0.15) is 5.56 Å². The number of nitrogens with one attached hydrogen (secondary N) is 1. The minimum absolute atomic E-state index is 0.0594. The van der Waals surface area contributed by atoms with Crippen LogP contribution in [0.15, 0.2) is 34.8 Å². The van der Waals surface area contributed by atoms with E-state index >= 15 is 0 Å². The third-order valence-electron chi connectivity index (χ3n) is 2.97. The molecule has 0 fully saturated rings. The van der Waals surface area contributed by atoms with E-state index in [-0.39, 0.29) is 11.6 Å². The van der Waals surface area contributed by atoms with Crippen molar-refractivity contribution in [3.05, 3.63) is 46.2 Å². The summed E-state index contributed by atoms with van der Waals surface area (Å²) in [6, 6.07) is 8.09. The quantitative estimate of drug-likeness (QED) is 0.853. The highest BCUT2D eigenvalue weighted by Gasteiger charge is 2.12. The summed E-state index contributed by atoms with van der Waals surface area (Å²) in [4.78, 5) is 0. The molecular formula is C15H15BrFNO3. The second-order valence-electron chi connectivity index (χ2n) is 4.30. The Balaban J connectivity index is 2.24. The molecule has 112 valence electrons. The van der Waals surface area contributed by atoms with Gasteiger partial charge in [-0.2, -0.15) is 0 Å². The van der Waals surface area contributed by atoms with Gasteiger partial charge in [0.05, 0.1) is 19.9 Å². The molecule has 4 nitrogen and oxygen atoms in total. The first-order chi connectivity index (χ1) is 10.1. The largest absolute Gasteiger partial charge is 0.502 e. The van der Waals surface area contributed by atoms with Gasteiger partial charge in [0.25, 0.3) is 0 Å². The maximum atomic E-state index is 13.7. The zero-order valence-corrected chi connectivity index (χ0v) is 13.2. The highest BCUT2D eigenvalue weighted by atomic mass is 79.9. The smallest absolute Gasteiger partial charge is 0.200 e. The number of rotatable bonds is 5. The van der Waals surface area contributed by atoms with Crippen LogP contribution in [0.5, 0.6) is 17.2 Å². The minimum atomic E-state index is -0.345. The Bertz CT molecular complexity index is 604. The number of phenols is 1. The molecule has 0 aromatic heterocycles. The summed E-state index contributed by atoms with van der Waals surface area (Å²) in [7, 11) is 2.91. The number of hydrogen-bond donors (Lipinski definition) is 2. The van der Waals surface area contributed by atoms with Gasteiger partial charge in [0.15, 0.2) is 11.5 Å². The van der Waals surface area contributed by atoms with Gasteiger partial charge in [-0.15, -0.1) is 0 Å². The average Bonchev–Trinajstić information content (AvgIpc) is 2.48. The zero-order valence-electron chi connectivity index (χ0n) is 11.6. The maximum Gasteiger partial charge on any atom is 0.200 e. The first kappa shape index (κ1) is 15.4. The van der Waals surface area contributed by atoms with Crippen molar-refractivity contribution >= 4 is 21.6 Å². The first-order valence-electron chi connectivity index (χ1n) is 6.18. The zero-order chi connectivity index (χ0) is 15.4. The Morgan fingerprint density at radius 3 is 2.33 bits per heavy atom. The number of benzene rings is 2. The van der Waals surface area contributed by atoms with Gasteiger partial charge >= 0.3 is 0 Å². The third-order valence-corrected chi connectivity index (χ3v) is 3.63. The minimum Gasteiger partial charge on any atom is -0.502 e. The molecule has 2 aromatic rings. The van der Waals surface area contributed by atoms with Gasteiger partial charge in [0.2, 0.25) is 5.75 Å². The van der Waals surface area contributed by atoms with Crippen molar-refractivity contribution in [2.75, 3.05) is 19.5 Å². The molecule has 0 saturated heterocycles. The number of methoxy groups -OCH3 is 2. The Labute approximate surface area is 130 Å². The summed E-state index contributed by atoms with van der Waals surface area (Å²) in [5.74, 6) is 0.204. The van der Waals surface area contributed by atoms with Gasteiger partial charge in [-0.3, -0.25) is 0 Å². The Kier molecular flexibility index (Phi) is 4.90. The molecule has 0 heterocycles. The molecule has 0 atom stereocenters. The standard InChI is InChI=1S/C15H15BrFNO3/c1-20-12-6-9(7-13(21-2)15(12)19)8-18-14-10(16)4-3-5-11(14)17/h3-7,18-19H,8H2,1-2H3. The molecule has 0 saturated carbocycles. The van der Waals surface area contributed by atoms with Crippen molar-refractivity contribution in [3.63, 3.8) is 0 Å². The van der Waals surface area contributed by atoms with Crippen LogP contribution < -0.4 is 14.8 Å². The predicted octanol–water partition coefficient (Wildman–Crippen LogP) is 3.92. The van der Waals surface area contributed by atoms with Crippen LogP contribution in [-0.4, -0.2) is 19.3 Å². The third kappa shape index (κ3) is 3.39. The second-order valence-corrected chi connectivity index (χ2v) is 5.15. The number of phenolic OH excluding ortho intramolecular Hbond substituents is 1. The lowest BCUT2D eigenvalue weighted by Crippen LogP contribution is -2.03. The van der Waals surface area contributed by atoms with E-state index < -0.39 is 0 Å². The van der Waals surface area contributed by atoms with E-state index in [1.54, 1.807) is 24.3 Å². The van der Waals surface area contributed by atoms with Gasteiger partial charge in [-0.05, 0) is 45.8 Å². The van der Waals surface area contributed by atoms with Gasteiger partial charge < -0.3 is 19.9 Å². The average molecular weight is 356 g/mol. The van der Waals surface area contributed by atoms with Crippen LogP contribution in [0.2, 0.25) is 0 Å². The SMILES string of the molecule is COc1cc(CNc2c(F)cccc2Br)cc(OC)c1O. The van der Waals surface area contributed by atoms with Gasteiger partial charge in [0.1, 0.15) is 5.82 Å². The number of halogens is 2. The number of para-hydroxylation sites is 1. The van der Waals surface area contributed by atoms with E-state index in [9.17, 15) is 9.50 Å². The molecule has 0 aliphatic heterocycles. The van der Waals surface area contributed by atoms with E-state index in [2.05, 4.69) is 21.2 Å². The fourth-order valence-corrected chi connectivity index (χ4v) is 2.39. The molecule has 2 rings (SSSR count). The molecular weight excluding hydrogens is 341 g/mol. The lowest BCUT2D eigenvalue weighted by Gasteiger charge is -2.13. The highest BCUT2D eigenvalue weighted by Crippen LogP contribution is 2.37. The Hall–Kier alpha value is -1.95. The van der Waals surface area contributed by atoms with Crippen molar-refractivity contribution in [3.8, 4) is 17.2 Å².